The molecular weight excluding hydrogens is 372 g/mol. The molecule has 3 aromatic carbocycles. The lowest BCUT2D eigenvalue weighted by atomic mass is 9.95. The largest absolute Gasteiger partial charge is 0.357 e. The van der Waals surface area contributed by atoms with Crippen LogP contribution in [0, 0.1) is 20.8 Å². The molecule has 0 radical (unpaired) electrons. The first kappa shape index (κ1) is 18.3. The van der Waals surface area contributed by atoms with Crippen LogP contribution < -0.4 is 4.28 Å². The monoisotopic (exact) mass is 392 g/mol. The van der Waals surface area contributed by atoms with Crippen LogP contribution in [-0.2, 0) is 10.1 Å². The Balaban J connectivity index is 1.80. The van der Waals surface area contributed by atoms with Crippen molar-refractivity contribution < 1.29 is 12.7 Å². The average molecular weight is 392 g/mol. The highest BCUT2D eigenvalue weighted by Gasteiger charge is 2.19. The molecule has 0 spiro atoms. The van der Waals surface area contributed by atoms with E-state index in [4.69, 9.17) is 4.28 Å². The molecule has 28 heavy (non-hydrogen) atoms. The third-order valence-corrected chi connectivity index (χ3v) is 5.99. The fourth-order valence-corrected chi connectivity index (χ4v) is 4.26. The van der Waals surface area contributed by atoms with E-state index in [0.717, 1.165) is 27.8 Å². The molecule has 0 N–H and O–H groups in total. The van der Waals surface area contributed by atoms with E-state index in [9.17, 15) is 8.42 Å². The van der Waals surface area contributed by atoms with Gasteiger partial charge in [0, 0.05) is 5.56 Å². The topological polar surface area (TPSA) is 61.2 Å². The van der Waals surface area contributed by atoms with E-state index in [1.54, 1.807) is 18.2 Å². The van der Waals surface area contributed by atoms with Crippen LogP contribution in [0.2, 0.25) is 0 Å². The zero-order valence-corrected chi connectivity index (χ0v) is 16.7. The van der Waals surface area contributed by atoms with Crippen molar-refractivity contribution in [2.75, 3.05) is 0 Å². The number of fused-ring (bicyclic) bond motifs is 1. The van der Waals surface area contributed by atoms with Gasteiger partial charge in [-0.3, -0.25) is 4.28 Å². The van der Waals surface area contributed by atoms with Crippen LogP contribution in [0.25, 0.3) is 22.2 Å². The third kappa shape index (κ3) is 3.16. The standard InChI is InChI=1S/C22H20N2O3S/c1-15-10-12-18(13-11-15)28(25,26)27-24-14-23-22-19(8-5-9-20(22)24)21-16(2)6-4-7-17(21)3/h4-14H,1-3H3. The molecule has 0 atom stereocenters. The molecule has 0 saturated carbocycles. The molecule has 1 heterocycles. The Labute approximate surface area is 164 Å². The zero-order valence-electron chi connectivity index (χ0n) is 15.9. The molecule has 0 bridgehead atoms. The Morgan fingerprint density at radius 2 is 1.50 bits per heavy atom. The van der Waals surface area contributed by atoms with Gasteiger partial charge >= 0.3 is 10.1 Å². The minimum Gasteiger partial charge on any atom is -0.282 e. The first-order chi connectivity index (χ1) is 13.4. The Morgan fingerprint density at radius 1 is 0.857 bits per heavy atom. The van der Waals surface area contributed by atoms with E-state index < -0.39 is 10.1 Å². The highest BCUT2D eigenvalue weighted by atomic mass is 32.2. The number of hydrogen-bond acceptors (Lipinski definition) is 4. The summed E-state index contributed by atoms with van der Waals surface area (Å²) < 4.78 is 31.9. The molecule has 0 aliphatic carbocycles. The fourth-order valence-electron chi connectivity index (χ4n) is 3.37. The van der Waals surface area contributed by atoms with E-state index in [0.29, 0.717) is 11.0 Å². The molecule has 4 rings (SSSR count). The molecule has 1 aromatic heterocycles. The minimum absolute atomic E-state index is 0.103. The molecule has 0 amide bonds. The number of imidazole rings is 1. The summed E-state index contributed by atoms with van der Waals surface area (Å²) in [6.45, 7) is 6.00. The molecule has 0 saturated heterocycles. The molecule has 4 aromatic rings. The summed E-state index contributed by atoms with van der Waals surface area (Å²) in [5, 5.41) is 0. The first-order valence-corrected chi connectivity index (χ1v) is 10.3. The number of benzene rings is 3. The quantitative estimate of drug-likeness (QED) is 0.515. The fraction of sp³-hybridized carbons (Fsp3) is 0.136. The predicted molar refractivity (Wildman–Crippen MR) is 110 cm³/mol. The molecule has 0 aliphatic heterocycles. The molecule has 0 fully saturated rings. The van der Waals surface area contributed by atoms with Gasteiger partial charge in [-0.1, -0.05) is 48.0 Å². The van der Waals surface area contributed by atoms with Crippen molar-refractivity contribution in [1.29, 1.82) is 0 Å². The lowest BCUT2D eigenvalue weighted by molar-refractivity contribution is 0.290. The Kier molecular flexibility index (Phi) is 4.43. The molecular formula is C22H20N2O3S. The second-order valence-corrected chi connectivity index (χ2v) is 8.38. The molecule has 0 unspecified atom stereocenters. The van der Waals surface area contributed by atoms with Crippen molar-refractivity contribution >= 4 is 21.2 Å². The second-order valence-electron chi connectivity index (χ2n) is 6.85. The maximum absolute atomic E-state index is 12.6. The highest BCUT2D eigenvalue weighted by Crippen LogP contribution is 2.32. The summed E-state index contributed by atoms with van der Waals surface area (Å²) in [6.07, 6.45) is 1.40. The van der Waals surface area contributed by atoms with Crippen molar-refractivity contribution in [3.8, 4) is 11.1 Å². The number of rotatable bonds is 4. The van der Waals surface area contributed by atoms with Gasteiger partial charge < -0.3 is 0 Å². The van der Waals surface area contributed by atoms with E-state index in [1.165, 1.54) is 23.2 Å². The van der Waals surface area contributed by atoms with Gasteiger partial charge in [0.15, 0.2) is 0 Å². The van der Waals surface area contributed by atoms with Crippen LogP contribution in [0.3, 0.4) is 0 Å². The van der Waals surface area contributed by atoms with Crippen LogP contribution in [0.1, 0.15) is 16.7 Å². The van der Waals surface area contributed by atoms with Gasteiger partial charge in [-0.25, -0.2) is 4.98 Å². The number of aromatic nitrogens is 2. The lowest BCUT2D eigenvalue weighted by Crippen LogP contribution is -2.19. The van der Waals surface area contributed by atoms with Crippen LogP contribution in [0.5, 0.6) is 0 Å². The van der Waals surface area contributed by atoms with E-state index in [-0.39, 0.29) is 4.90 Å². The molecule has 142 valence electrons. The summed E-state index contributed by atoms with van der Waals surface area (Å²) in [5.41, 5.74) is 6.58. The van der Waals surface area contributed by atoms with E-state index in [1.807, 2.05) is 25.1 Å². The van der Waals surface area contributed by atoms with Crippen LogP contribution in [0.4, 0.5) is 0 Å². The predicted octanol–water partition coefficient (Wildman–Crippen LogP) is 4.45. The van der Waals surface area contributed by atoms with Crippen LogP contribution >= 0.6 is 0 Å². The maximum Gasteiger partial charge on any atom is 0.357 e. The third-order valence-electron chi connectivity index (χ3n) is 4.78. The number of hydrogen-bond donors (Lipinski definition) is 0. The molecule has 0 aliphatic rings. The second kappa shape index (κ2) is 6.80. The van der Waals surface area contributed by atoms with Gasteiger partial charge in [0.2, 0.25) is 0 Å². The van der Waals surface area contributed by atoms with Crippen LogP contribution in [-0.4, -0.2) is 18.1 Å². The number of para-hydroxylation sites is 1. The zero-order chi connectivity index (χ0) is 19.9. The van der Waals surface area contributed by atoms with Gasteiger partial charge in [-0.15, -0.1) is 0 Å². The van der Waals surface area contributed by atoms with Crippen molar-refractivity contribution in [2.24, 2.45) is 0 Å². The lowest BCUT2D eigenvalue weighted by Gasteiger charge is -2.11. The number of nitrogens with zero attached hydrogens (tertiary/aromatic N) is 2. The van der Waals surface area contributed by atoms with Gasteiger partial charge in [0.05, 0.1) is 5.52 Å². The smallest absolute Gasteiger partial charge is 0.282 e. The van der Waals surface area contributed by atoms with Crippen LogP contribution in [0.15, 0.2) is 71.9 Å². The Hall–Kier alpha value is -3.12. The van der Waals surface area contributed by atoms with Gasteiger partial charge in [0.25, 0.3) is 0 Å². The summed E-state index contributed by atoms with van der Waals surface area (Å²) in [6, 6.07) is 18.3. The van der Waals surface area contributed by atoms with Gasteiger partial charge in [0.1, 0.15) is 16.7 Å². The number of aryl methyl sites for hydroxylation is 3. The van der Waals surface area contributed by atoms with Crippen molar-refractivity contribution in [2.45, 2.75) is 25.7 Å². The summed E-state index contributed by atoms with van der Waals surface area (Å²) >= 11 is 0. The Morgan fingerprint density at radius 3 is 2.18 bits per heavy atom. The minimum atomic E-state index is -3.96. The van der Waals surface area contributed by atoms with Crippen molar-refractivity contribution in [3.05, 3.63) is 83.7 Å². The van der Waals surface area contributed by atoms with E-state index >= 15 is 0 Å². The summed E-state index contributed by atoms with van der Waals surface area (Å²) in [4.78, 5) is 4.55. The van der Waals surface area contributed by atoms with E-state index in [2.05, 4.69) is 31.0 Å². The first-order valence-electron chi connectivity index (χ1n) is 8.91. The molecule has 6 heteroatoms. The molecule has 5 nitrogen and oxygen atoms in total. The summed E-state index contributed by atoms with van der Waals surface area (Å²) in [7, 11) is -3.96. The SMILES string of the molecule is Cc1ccc(S(=O)(=O)On2cnc3c(-c4c(C)cccc4C)cccc32)cc1. The summed E-state index contributed by atoms with van der Waals surface area (Å²) in [5.74, 6) is 0. The van der Waals surface area contributed by atoms with Crippen molar-refractivity contribution in [1.82, 2.24) is 9.71 Å². The maximum atomic E-state index is 12.6. The van der Waals surface area contributed by atoms with Gasteiger partial charge in [-0.2, -0.15) is 13.1 Å². The van der Waals surface area contributed by atoms with Crippen molar-refractivity contribution in [3.63, 3.8) is 0 Å². The normalized spacial score (nSPS) is 11.7. The average Bonchev–Trinajstić information content (AvgIpc) is 3.05. The Bertz CT molecular complexity index is 1250. The van der Waals surface area contributed by atoms with Gasteiger partial charge in [-0.05, 0) is 55.7 Å². The highest BCUT2D eigenvalue weighted by molar-refractivity contribution is 7.87.